The maximum Gasteiger partial charge on any atom is 0.194 e. The van der Waals surface area contributed by atoms with E-state index in [9.17, 15) is 0 Å². The van der Waals surface area contributed by atoms with Gasteiger partial charge in [0.2, 0.25) is 0 Å². The Bertz CT molecular complexity index is 2420. The lowest BCUT2D eigenvalue weighted by Crippen LogP contribution is -2.43. The summed E-state index contributed by atoms with van der Waals surface area (Å²) in [6, 6.07) is 60.6. The zero-order chi connectivity index (χ0) is 40.8. The summed E-state index contributed by atoms with van der Waals surface area (Å²) < 4.78 is 3.88. The zero-order valence-corrected chi connectivity index (χ0v) is 33.0. The number of ketones is 3. The third-order valence-corrected chi connectivity index (χ3v) is 12.9. The largest absolute Gasteiger partial charge is 0.309 e. The highest BCUT2D eigenvalue weighted by Crippen LogP contribution is 2.61. The number of carbonyl (C=O) groups excluding carboxylic acids is 3. The summed E-state index contributed by atoms with van der Waals surface area (Å²) in [7, 11) is 0. The second-order valence-corrected chi connectivity index (χ2v) is 16.1. The molecule has 0 atom stereocenters. The minimum Gasteiger partial charge on any atom is -0.309 e. The monoisotopic (exact) mass is 782 g/mol. The van der Waals surface area contributed by atoms with Crippen molar-refractivity contribution in [2.75, 3.05) is 0 Å². The number of Topliss-reactive ketones (excluding diaryl/α,β-unsaturated/α-hetero) is 3. The van der Waals surface area contributed by atoms with E-state index in [-0.39, 0.29) is 17.3 Å². The van der Waals surface area contributed by atoms with Crippen LogP contribution < -0.4 is 0 Å². The van der Waals surface area contributed by atoms with Gasteiger partial charge < -0.3 is 9.13 Å². The van der Waals surface area contributed by atoms with Gasteiger partial charge in [0.15, 0.2) is 17.3 Å². The standard InChI is InChI=1S/C53H42N4O3/c58-47(45-35-54-37-56(45)52(39-19-7-1-8-20-39,40-21-9-2-10-22-40)41-23-11-3-12-24-41)50(31-32-50)49(60)51(33-34-51)48(59)46-36-55-38-57(46)53(42-25-13-4-14-26-42,43-27-15-5-16-28-43)44-29-17-6-18-30-44/h1-30,35-38H,31-34H2. The van der Waals surface area contributed by atoms with Crippen molar-refractivity contribution >= 4 is 17.3 Å². The maximum atomic E-state index is 15.3. The van der Waals surface area contributed by atoms with Crippen molar-refractivity contribution in [2.45, 2.75) is 36.8 Å². The third kappa shape index (κ3) is 5.53. The van der Waals surface area contributed by atoms with E-state index in [1.165, 1.54) is 0 Å². The van der Waals surface area contributed by atoms with Crippen LogP contribution in [0.2, 0.25) is 0 Å². The van der Waals surface area contributed by atoms with Crippen LogP contribution >= 0.6 is 0 Å². The summed E-state index contributed by atoms with van der Waals surface area (Å²) in [4.78, 5) is 55.3. The van der Waals surface area contributed by atoms with E-state index < -0.39 is 21.9 Å². The van der Waals surface area contributed by atoms with Crippen molar-refractivity contribution < 1.29 is 14.4 Å². The summed E-state index contributed by atoms with van der Waals surface area (Å²) in [5.74, 6) is -0.922. The van der Waals surface area contributed by atoms with E-state index >= 15 is 14.4 Å². The van der Waals surface area contributed by atoms with Crippen molar-refractivity contribution in [3.05, 3.63) is 252 Å². The number of rotatable bonds is 14. The van der Waals surface area contributed by atoms with Crippen LogP contribution in [0.1, 0.15) is 80.0 Å². The number of aromatic nitrogens is 4. The Morgan fingerprint density at radius 1 is 0.383 bits per heavy atom. The predicted molar refractivity (Wildman–Crippen MR) is 231 cm³/mol. The van der Waals surface area contributed by atoms with Crippen molar-refractivity contribution in [1.82, 2.24) is 19.1 Å². The minimum atomic E-state index is -1.36. The van der Waals surface area contributed by atoms with Crippen LogP contribution in [0, 0.1) is 10.8 Å². The lowest BCUT2D eigenvalue weighted by atomic mass is 9.75. The molecule has 0 N–H and O–H groups in total. The van der Waals surface area contributed by atoms with Crippen LogP contribution in [0.3, 0.4) is 0 Å². The predicted octanol–water partition coefficient (Wildman–Crippen LogP) is 9.96. The molecule has 8 aromatic rings. The molecule has 2 aromatic heterocycles. The van der Waals surface area contributed by atoms with Gasteiger partial charge in [-0.3, -0.25) is 14.4 Å². The molecule has 0 bridgehead atoms. The molecule has 7 heteroatoms. The van der Waals surface area contributed by atoms with Crippen LogP contribution in [0.15, 0.2) is 207 Å². The van der Waals surface area contributed by atoms with Gasteiger partial charge in [0.1, 0.15) is 22.5 Å². The Hall–Kier alpha value is -7.25. The number of imidazole rings is 2. The number of nitrogens with zero attached hydrogens (tertiary/aromatic N) is 4. The minimum absolute atomic E-state index is 0.306. The van der Waals surface area contributed by atoms with E-state index in [1.54, 1.807) is 25.0 Å². The molecular formula is C53H42N4O3. The fourth-order valence-corrected chi connectivity index (χ4v) is 9.68. The second kappa shape index (κ2) is 14.5. The van der Waals surface area contributed by atoms with Gasteiger partial charge in [-0.05, 0) is 59.1 Å². The average Bonchev–Trinajstić information content (AvgIpc) is 4.21. The highest BCUT2D eigenvalue weighted by Gasteiger charge is 2.69. The summed E-state index contributed by atoms with van der Waals surface area (Å²) in [6.07, 6.45) is 8.03. The van der Waals surface area contributed by atoms with Crippen LogP contribution in [-0.4, -0.2) is 36.5 Å². The molecule has 0 aliphatic heterocycles. The molecule has 2 saturated carbocycles. The number of hydrogen-bond donors (Lipinski definition) is 0. The van der Waals surface area contributed by atoms with Gasteiger partial charge in [0.25, 0.3) is 0 Å². The Labute approximate surface area is 349 Å². The van der Waals surface area contributed by atoms with Crippen LogP contribution in [0.5, 0.6) is 0 Å². The normalized spacial score (nSPS) is 15.2. The van der Waals surface area contributed by atoms with Gasteiger partial charge in [0, 0.05) is 0 Å². The maximum absolute atomic E-state index is 15.3. The molecule has 10 rings (SSSR count). The fourth-order valence-electron chi connectivity index (χ4n) is 9.68. The molecular weight excluding hydrogens is 741 g/mol. The Balaban J connectivity index is 1.08. The molecule has 292 valence electrons. The number of benzene rings is 6. The zero-order valence-electron chi connectivity index (χ0n) is 33.0. The molecule has 2 fully saturated rings. The Morgan fingerprint density at radius 2 is 0.617 bits per heavy atom. The molecule has 2 aliphatic rings. The highest BCUT2D eigenvalue weighted by atomic mass is 16.2. The number of hydrogen-bond acceptors (Lipinski definition) is 5. The summed E-state index contributed by atoms with van der Waals surface area (Å²) in [5, 5.41) is 0. The number of carbonyl (C=O) groups is 3. The van der Waals surface area contributed by atoms with E-state index in [2.05, 4.69) is 82.8 Å². The Kier molecular flexibility index (Phi) is 8.98. The van der Waals surface area contributed by atoms with Crippen LogP contribution in [-0.2, 0) is 15.9 Å². The Morgan fingerprint density at radius 3 is 0.833 bits per heavy atom. The topological polar surface area (TPSA) is 86.8 Å². The van der Waals surface area contributed by atoms with Crippen molar-refractivity contribution in [3.8, 4) is 0 Å². The van der Waals surface area contributed by atoms with Gasteiger partial charge in [-0.2, -0.15) is 0 Å². The lowest BCUT2D eigenvalue weighted by Gasteiger charge is -2.39. The quantitative estimate of drug-likeness (QED) is 0.0623. The first-order valence-electron chi connectivity index (χ1n) is 20.5. The van der Waals surface area contributed by atoms with Gasteiger partial charge in [-0.15, -0.1) is 0 Å². The van der Waals surface area contributed by atoms with Crippen molar-refractivity contribution in [2.24, 2.45) is 10.8 Å². The van der Waals surface area contributed by atoms with E-state index in [1.807, 2.05) is 118 Å². The third-order valence-electron chi connectivity index (χ3n) is 12.9. The van der Waals surface area contributed by atoms with E-state index in [0.717, 1.165) is 33.4 Å². The van der Waals surface area contributed by atoms with Crippen LogP contribution in [0.4, 0.5) is 0 Å². The lowest BCUT2D eigenvalue weighted by molar-refractivity contribution is -0.126. The SMILES string of the molecule is O=C(c1cncn1C(c1ccccc1)(c1ccccc1)c1ccccc1)C1(C(=O)C2(C(=O)c3cncn3C(c3ccccc3)(c3ccccc3)c3ccccc3)CC2)CC1. The molecule has 0 amide bonds. The van der Waals surface area contributed by atoms with Crippen molar-refractivity contribution in [1.29, 1.82) is 0 Å². The fraction of sp³-hybridized carbons (Fsp3) is 0.151. The molecule has 0 radical (unpaired) electrons. The average molecular weight is 783 g/mol. The van der Waals surface area contributed by atoms with Gasteiger partial charge in [-0.1, -0.05) is 182 Å². The first-order valence-corrected chi connectivity index (χ1v) is 20.5. The highest BCUT2D eigenvalue weighted by molar-refractivity contribution is 6.26. The van der Waals surface area contributed by atoms with Gasteiger partial charge in [-0.25, -0.2) is 9.97 Å². The smallest absolute Gasteiger partial charge is 0.194 e. The molecule has 2 heterocycles. The molecule has 2 aliphatic carbocycles. The first kappa shape index (κ1) is 37.0. The van der Waals surface area contributed by atoms with Crippen molar-refractivity contribution in [3.63, 3.8) is 0 Å². The van der Waals surface area contributed by atoms with E-state index in [4.69, 9.17) is 0 Å². The molecule has 6 aromatic carbocycles. The first-order chi connectivity index (χ1) is 29.5. The van der Waals surface area contributed by atoms with Crippen LogP contribution in [0.25, 0.3) is 0 Å². The molecule has 60 heavy (non-hydrogen) atoms. The van der Waals surface area contributed by atoms with Gasteiger partial charge >= 0.3 is 0 Å². The summed E-state index contributed by atoms with van der Waals surface area (Å²) in [6.45, 7) is 0. The summed E-state index contributed by atoms with van der Waals surface area (Å²) >= 11 is 0. The second-order valence-electron chi connectivity index (χ2n) is 16.1. The molecule has 0 unspecified atom stereocenters. The van der Waals surface area contributed by atoms with E-state index in [0.29, 0.717) is 37.1 Å². The molecule has 7 nitrogen and oxygen atoms in total. The van der Waals surface area contributed by atoms with Gasteiger partial charge in [0.05, 0.1) is 35.9 Å². The molecule has 0 saturated heterocycles. The molecule has 0 spiro atoms. The summed E-state index contributed by atoms with van der Waals surface area (Å²) in [5.41, 5.74) is 1.54.